The summed E-state index contributed by atoms with van der Waals surface area (Å²) in [6, 6.07) is 15.9. The van der Waals surface area contributed by atoms with Gasteiger partial charge in [0.2, 0.25) is 11.8 Å². The van der Waals surface area contributed by atoms with E-state index in [0.29, 0.717) is 37.0 Å². The number of piperidine rings is 3. The third-order valence-corrected chi connectivity index (χ3v) is 14.9. The van der Waals surface area contributed by atoms with Crippen LogP contribution in [0.5, 0.6) is 0 Å². The number of nitrogens with zero attached hydrogens (tertiary/aromatic N) is 2. The van der Waals surface area contributed by atoms with Crippen molar-refractivity contribution in [3.8, 4) is 0 Å². The zero-order chi connectivity index (χ0) is 40.3. The zero-order valence-electron chi connectivity index (χ0n) is 33.5. The van der Waals surface area contributed by atoms with Crippen LogP contribution in [0.2, 0.25) is 0 Å². The molecule has 3 aromatic rings. The normalized spacial score (nSPS) is 25.7. The summed E-state index contributed by atoms with van der Waals surface area (Å²) in [4.78, 5) is 41.7. The Hall–Kier alpha value is -3.99. The van der Waals surface area contributed by atoms with E-state index >= 15 is 8.78 Å². The highest BCUT2D eigenvalue weighted by atomic mass is 79.9. The van der Waals surface area contributed by atoms with Gasteiger partial charge in [-0.05, 0) is 134 Å². The van der Waals surface area contributed by atoms with Crippen molar-refractivity contribution in [2.24, 2.45) is 5.92 Å². The maximum Gasteiger partial charge on any atom is 0.234 e. The summed E-state index contributed by atoms with van der Waals surface area (Å²) in [6.07, 6.45) is 12.0. The summed E-state index contributed by atoms with van der Waals surface area (Å²) in [7, 11) is 0. The van der Waals surface area contributed by atoms with E-state index in [1.165, 1.54) is 40.0 Å². The van der Waals surface area contributed by atoms with Gasteiger partial charge in [-0.25, -0.2) is 8.78 Å². The minimum atomic E-state index is -0.998. The van der Waals surface area contributed by atoms with Crippen LogP contribution in [-0.4, -0.2) is 67.4 Å². The van der Waals surface area contributed by atoms with Gasteiger partial charge in [0.15, 0.2) is 5.78 Å². The molecule has 2 aliphatic carbocycles. The van der Waals surface area contributed by atoms with Crippen molar-refractivity contribution < 1.29 is 27.9 Å². The van der Waals surface area contributed by atoms with Crippen LogP contribution in [-0.2, 0) is 19.7 Å². The van der Waals surface area contributed by atoms with E-state index in [9.17, 15) is 14.4 Å². The number of likely N-dealkylation sites (tertiary alicyclic amines) is 1. The first kappa shape index (κ1) is 39.5. The number of fused-ring (bicyclic) bond motifs is 4. The molecule has 10 heteroatoms. The summed E-state index contributed by atoms with van der Waals surface area (Å²) in [5.74, 6) is -2.35. The minimum absolute atomic E-state index is 0.0685. The Morgan fingerprint density at radius 3 is 2.36 bits per heavy atom. The number of ether oxygens (including phenoxy) is 1. The molecule has 1 spiro atoms. The number of allylic oxidation sites excluding steroid dienone is 3. The number of carbonyl (C=O) groups is 3. The molecule has 6 aliphatic rings. The van der Waals surface area contributed by atoms with E-state index in [0.717, 1.165) is 86.8 Å². The monoisotopic (exact) mass is 851 g/mol. The lowest BCUT2D eigenvalue weighted by Gasteiger charge is -2.47. The first-order valence-corrected chi connectivity index (χ1v) is 22.0. The highest BCUT2D eigenvalue weighted by Gasteiger charge is 2.41. The van der Waals surface area contributed by atoms with Gasteiger partial charge in [0.1, 0.15) is 11.6 Å². The number of imide groups is 1. The molecule has 0 bridgehead atoms. The summed E-state index contributed by atoms with van der Waals surface area (Å²) in [5, 5.41) is 2.20. The van der Waals surface area contributed by atoms with Gasteiger partial charge >= 0.3 is 0 Å². The zero-order valence-corrected chi connectivity index (χ0v) is 35.1. The third-order valence-electron chi connectivity index (χ3n) is 14.2. The predicted molar refractivity (Wildman–Crippen MR) is 226 cm³/mol. The summed E-state index contributed by atoms with van der Waals surface area (Å²) < 4.78 is 38.0. The molecule has 304 valence electrons. The van der Waals surface area contributed by atoms with E-state index in [1.807, 2.05) is 17.0 Å². The molecule has 0 aromatic heterocycles. The van der Waals surface area contributed by atoms with Crippen molar-refractivity contribution >= 4 is 50.9 Å². The number of Topliss-reactive ketones (excluding diaryl/α,β-unsaturated/α-hetero) is 1. The number of carbonyl (C=O) groups excluding carboxylic acids is 3. The molecule has 7 nitrogen and oxygen atoms in total. The van der Waals surface area contributed by atoms with E-state index in [-0.39, 0.29) is 35.2 Å². The average molecular weight is 853 g/mol. The first-order chi connectivity index (χ1) is 27.9. The van der Waals surface area contributed by atoms with Crippen molar-refractivity contribution in [2.45, 2.75) is 101 Å². The van der Waals surface area contributed by atoms with E-state index in [4.69, 9.17) is 4.74 Å². The topological polar surface area (TPSA) is 79.0 Å². The van der Waals surface area contributed by atoms with Gasteiger partial charge in [-0.15, -0.1) is 0 Å². The van der Waals surface area contributed by atoms with Gasteiger partial charge in [0, 0.05) is 59.2 Å². The average Bonchev–Trinajstić information content (AvgIpc) is 3.19. The Kier molecular flexibility index (Phi) is 10.6. The molecule has 1 N–H and O–H groups in total. The number of halogens is 3. The second-order valence-corrected chi connectivity index (χ2v) is 18.9. The third kappa shape index (κ3) is 7.32. The number of rotatable bonds is 5. The molecule has 9 rings (SSSR count). The van der Waals surface area contributed by atoms with Crippen LogP contribution in [0.1, 0.15) is 128 Å². The quantitative estimate of drug-likeness (QED) is 0.258. The number of hydrogen-bond donors (Lipinski definition) is 1. The largest absolute Gasteiger partial charge is 0.375 e. The number of ketones is 1. The number of amides is 2. The Morgan fingerprint density at radius 1 is 0.897 bits per heavy atom. The maximum atomic E-state index is 15.3. The molecule has 0 radical (unpaired) electrons. The lowest BCUT2D eigenvalue weighted by molar-refractivity contribution is -0.134. The van der Waals surface area contributed by atoms with Crippen LogP contribution in [0.25, 0.3) is 11.6 Å². The van der Waals surface area contributed by atoms with E-state index in [1.54, 1.807) is 0 Å². The number of benzene rings is 3. The molecule has 2 amide bonds. The van der Waals surface area contributed by atoms with Gasteiger partial charge < -0.3 is 14.5 Å². The van der Waals surface area contributed by atoms with Gasteiger partial charge in [-0.3, -0.25) is 19.7 Å². The molecule has 4 aliphatic heterocycles. The molecule has 4 fully saturated rings. The molecule has 1 unspecified atom stereocenters. The molecule has 4 saturated heterocycles. The van der Waals surface area contributed by atoms with Gasteiger partial charge in [0.05, 0.1) is 18.1 Å². The Balaban J connectivity index is 0.792. The van der Waals surface area contributed by atoms with Gasteiger partial charge in [-0.1, -0.05) is 66.2 Å². The highest BCUT2D eigenvalue weighted by Crippen LogP contribution is 2.50. The van der Waals surface area contributed by atoms with E-state index in [2.05, 4.69) is 76.4 Å². The van der Waals surface area contributed by atoms with Crippen LogP contribution < -0.4 is 10.2 Å². The summed E-state index contributed by atoms with van der Waals surface area (Å²) >= 11 is 3.69. The van der Waals surface area contributed by atoms with Crippen molar-refractivity contribution in [3.05, 3.63) is 110 Å². The SMILES string of the molecule is CC1(C)/C2=C/CCC(=O)c3c(Br)cccc3C2=Cc2cc(C3CCN(C[C@H]4CCC5(CCN(c6cc(F)c(C7CCC(=O)NC7=O)c(F)c6)CC5)OC4)CC3)ccc21. The first-order valence-electron chi connectivity index (χ1n) is 21.2. The fourth-order valence-electron chi connectivity index (χ4n) is 10.8. The van der Waals surface area contributed by atoms with Crippen LogP contribution in [0.4, 0.5) is 14.5 Å². The van der Waals surface area contributed by atoms with Crippen LogP contribution in [0.15, 0.2) is 64.7 Å². The number of anilines is 1. The number of nitrogens with one attached hydrogen (secondary N) is 1. The van der Waals surface area contributed by atoms with Gasteiger partial charge in [0.25, 0.3) is 0 Å². The van der Waals surface area contributed by atoms with Crippen LogP contribution >= 0.6 is 15.9 Å². The Labute approximate surface area is 348 Å². The Bertz CT molecular complexity index is 2200. The van der Waals surface area contributed by atoms with Crippen molar-refractivity contribution in [2.75, 3.05) is 44.2 Å². The molecule has 0 saturated carbocycles. The maximum absolute atomic E-state index is 15.3. The molecular weight excluding hydrogens is 800 g/mol. The fraction of sp³-hybridized carbons (Fsp3) is 0.479. The Morgan fingerprint density at radius 2 is 1.66 bits per heavy atom. The van der Waals surface area contributed by atoms with Crippen LogP contribution in [0, 0.1) is 17.6 Å². The lowest BCUT2D eigenvalue weighted by atomic mass is 9.66. The van der Waals surface area contributed by atoms with E-state index < -0.39 is 29.4 Å². The van der Waals surface area contributed by atoms with Crippen molar-refractivity contribution in [3.63, 3.8) is 0 Å². The highest BCUT2D eigenvalue weighted by molar-refractivity contribution is 9.10. The number of hydrogen-bond acceptors (Lipinski definition) is 6. The predicted octanol–water partition coefficient (Wildman–Crippen LogP) is 9.63. The smallest absolute Gasteiger partial charge is 0.234 e. The second-order valence-electron chi connectivity index (χ2n) is 18.1. The standard InChI is InChI=1S/C48H52BrF2N3O4/c1-47(2)37-11-9-31(23-32(37)24-36-34-5-3-7-39(49)44(34)42(55)8-4-6-38(36)47)30-14-19-53(20-15-30)27-29-13-16-48(58-28-29)17-21-54(22-18-48)33-25-40(50)45(41(51)26-33)35-10-12-43(56)52-46(35)57/h3,5-7,9,11,23-26,29-30,35H,4,8,10,12-22,27-28H2,1-2H3,(H,52,56,57)/b38-6+/t29-,35?/m1/s1. The molecule has 2 atom stereocenters. The molecular formula is C48H52BrF2N3O4. The summed E-state index contributed by atoms with van der Waals surface area (Å²) in [5.41, 5.74) is 8.16. The van der Waals surface area contributed by atoms with Crippen molar-refractivity contribution in [1.82, 2.24) is 10.2 Å². The fourth-order valence-corrected chi connectivity index (χ4v) is 11.4. The lowest BCUT2D eigenvalue weighted by Crippen LogP contribution is -2.50. The summed E-state index contributed by atoms with van der Waals surface area (Å²) in [6.45, 7) is 9.85. The second kappa shape index (κ2) is 15.6. The molecule has 4 heterocycles. The molecule has 58 heavy (non-hydrogen) atoms. The van der Waals surface area contributed by atoms with Gasteiger partial charge in [-0.2, -0.15) is 0 Å². The van der Waals surface area contributed by atoms with Crippen molar-refractivity contribution in [1.29, 1.82) is 0 Å². The van der Waals surface area contributed by atoms with Crippen LogP contribution in [0.3, 0.4) is 0 Å². The minimum Gasteiger partial charge on any atom is -0.375 e. The molecule has 3 aromatic carbocycles.